The summed E-state index contributed by atoms with van der Waals surface area (Å²) >= 11 is 0. The summed E-state index contributed by atoms with van der Waals surface area (Å²) in [7, 11) is 8.25. The SMILES string of the molecule is Cn1cc(NC(=O)c2cc(NC(=O)c3cc(NC(=O)c4cc(NC(=O)c5cc(NC(=O)OC(C)(C)C)cn5C)cn4C)cn3C)cn2C)cc1C(=O)NCCCCCC(=O)O. The van der Waals surface area contributed by atoms with E-state index >= 15 is 0 Å². The zero-order valence-electron chi connectivity index (χ0n) is 35.3. The van der Waals surface area contributed by atoms with Gasteiger partial charge >= 0.3 is 12.1 Å². The fraction of sp³-hybridized carbons (Fsp3) is 0.341. The Morgan fingerprint density at radius 3 is 1.11 bits per heavy atom. The molecule has 0 bridgehead atoms. The highest BCUT2D eigenvalue weighted by Crippen LogP contribution is 2.22. The topological polar surface area (TPSA) is 246 Å². The number of carbonyl (C=O) groups is 7. The summed E-state index contributed by atoms with van der Waals surface area (Å²) in [6.07, 6.45) is 9.15. The van der Waals surface area contributed by atoms with Crippen LogP contribution in [0.4, 0.5) is 33.2 Å². The third kappa shape index (κ3) is 11.8. The lowest BCUT2D eigenvalue weighted by molar-refractivity contribution is -0.137. The number of aliphatic carboxylic acids is 1. The maximum atomic E-state index is 13.4. The summed E-state index contributed by atoms with van der Waals surface area (Å²) < 4.78 is 13.0. The number of carboxylic acids is 1. The molecule has 6 amide bonds. The first-order chi connectivity index (χ1) is 28.7. The van der Waals surface area contributed by atoms with Crippen LogP contribution in [0.2, 0.25) is 0 Å². The molecule has 20 heteroatoms. The molecular weight excluding hydrogens is 791 g/mol. The van der Waals surface area contributed by atoms with E-state index in [-0.39, 0.29) is 35.1 Å². The number of hydrogen-bond acceptors (Lipinski definition) is 8. The number of carbonyl (C=O) groups excluding carboxylic acids is 6. The molecule has 7 N–H and O–H groups in total. The maximum absolute atomic E-state index is 13.4. The number of unbranched alkanes of at least 4 members (excludes halogenated alkanes) is 2. The number of amides is 6. The predicted octanol–water partition coefficient (Wildman–Crippen LogP) is 5.11. The Labute approximate surface area is 351 Å². The summed E-state index contributed by atoms with van der Waals surface area (Å²) in [5, 5.41) is 25.3. The molecule has 5 heterocycles. The molecule has 0 aliphatic carbocycles. The van der Waals surface area contributed by atoms with Gasteiger partial charge in [-0.05, 0) is 63.9 Å². The molecule has 324 valence electrons. The van der Waals surface area contributed by atoms with E-state index in [9.17, 15) is 33.6 Å². The Balaban J connectivity index is 1.15. The van der Waals surface area contributed by atoms with Gasteiger partial charge in [0.15, 0.2) is 0 Å². The van der Waals surface area contributed by atoms with Gasteiger partial charge < -0.3 is 59.3 Å². The first kappa shape index (κ1) is 44.6. The highest BCUT2D eigenvalue weighted by molar-refractivity contribution is 6.09. The Morgan fingerprint density at radius 1 is 0.492 bits per heavy atom. The Bertz CT molecular complexity index is 2490. The first-order valence-corrected chi connectivity index (χ1v) is 19.2. The van der Waals surface area contributed by atoms with Crippen LogP contribution in [0.25, 0.3) is 0 Å². The minimum absolute atomic E-state index is 0.0851. The van der Waals surface area contributed by atoms with Crippen LogP contribution in [-0.2, 0) is 44.8 Å². The van der Waals surface area contributed by atoms with Crippen molar-refractivity contribution in [2.75, 3.05) is 33.1 Å². The Hall–Kier alpha value is -7.51. The van der Waals surface area contributed by atoms with Gasteiger partial charge in [0.2, 0.25) is 0 Å². The molecule has 0 unspecified atom stereocenters. The molecule has 5 aromatic rings. The molecule has 5 aromatic heterocycles. The van der Waals surface area contributed by atoms with E-state index in [1.165, 1.54) is 33.4 Å². The standard InChI is InChI=1S/C41H51N11O9/c1-41(2,3)61-40(60)47-28-18-33(52(8)23-28)39(59)46-27-17-32(51(7)22-27)38(58)45-26-16-31(50(6)21-26)37(57)44-25-15-30(49(5)20-25)36(56)43-24-14-29(48(4)19-24)35(55)42-13-11-9-10-12-34(53)54/h14-23H,9-13H2,1-8H3,(H,42,55)(H,43,56)(H,44,57)(H,45,58)(H,46,59)(H,47,60)(H,53,54). The van der Waals surface area contributed by atoms with Crippen molar-refractivity contribution in [3.8, 4) is 0 Å². The van der Waals surface area contributed by atoms with Gasteiger partial charge in [0.25, 0.3) is 29.5 Å². The summed E-state index contributed by atoms with van der Waals surface area (Å²) in [6, 6.07) is 7.54. The van der Waals surface area contributed by atoms with E-state index in [1.807, 2.05) is 0 Å². The third-order valence-electron chi connectivity index (χ3n) is 9.22. The van der Waals surface area contributed by atoms with Crippen LogP contribution in [0.15, 0.2) is 61.3 Å². The summed E-state index contributed by atoms with van der Waals surface area (Å²) in [5.74, 6) is -3.15. The number of carboxylic acid groups (broad SMARTS) is 1. The second-order valence-corrected chi connectivity index (χ2v) is 15.5. The molecule has 0 aliphatic rings. The molecule has 0 aliphatic heterocycles. The fourth-order valence-corrected chi connectivity index (χ4v) is 6.37. The largest absolute Gasteiger partial charge is 0.481 e. The van der Waals surface area contributed by atoms with Crippen LogP contribution in [0.1, 0.15) is 98.9 Å². The number of rotatable bonds is 16. The number of hydrogen-bond donors (Lipinski definition) is 7. The quantitative estimate of drug-likeness (QED) is 0.0652. The van der Waals surface area contributed by atoms with Crippen LogP contribution in [0.3, 0.4) is 0 Å². The van der Waals surface area contributed by atoms with E-state index in [1.54, 1.807) is 107 Å². The van der Waals surface area contributed by atoms with Crippen molar-refractivity contribution in [1.29, 1.82) is 0 Å². The minimum atomic E-state index is -0.852. The van der Waals surface area contributed by atoms with Crippen LogP contribution in [0, 0.1) is 0 Å². The lowest BCUT2D eigenvalue weighted by Gasteiger charge is -2.19. The van der Waals surface area contributed by atoms with Gasteiger partial charge in [-0.2, -0.15) is 0 Å². The van der Waals surface area contributed by atoms with Crippen molar-refractivity contribution < 1.29 is 43.4 Å². The number of ether oxygens (including phenoxy) is 1. The molecular formula is C41H51N11O9. The summed E-state index contributed by atoms with van der Waals surface area (Å²) in [6.45, 7) is 5.61. The van der Waals surface area contributed by atoms with Gasteiger partial charge in [0, 0.05) is 79.2 Å². The number of aromatic nitrogens is 5. The van der Waals surface area contributed by atoms with Gasteiger partial charge in [-0.1, -0.05) is 6.42 Å². The van der Waals surface area contributed by atoms with E-state index in [4.69, 9.17) is 9.84 Å². The lowest BCUT2D eigenvalue weighted by Crippen LogP contribution is -2.27. The van der Waals surface area contributed by atoms with Crippen molar-refractivity contribution in [3.05, 3.63) is 89.8 Å². The summed E-state index contributed by atoms with van der Waals surface area (Å²) in [4.78, 5) is 88.6. The van der Waals surface area contributed by atoms with E-state index < -0.39 is 41.3 Å². The van der Waals surface area contributed by atoms with E-state index in [0.29, 0.717) is 59.9 Å². The van der Waals surface area contributed by atoms with Crippen LogP contribution >= 0.6 is 0 Å². The number of nitrogens with zero attached hydrogens (tertiary/aromatic N) is 5. The first-order valence-electron chi connectivity index (χ1n) is 19.2. The average Bonchev–Trinajstić information content (AvgIpc) is 3.97. The van der Waals surface area contributed by atoms with Gasteiger partial charge in [0.1, 0.15) is 34.1 Å². The normalized spacial score (nSPS) is 11.1. The van der Waals surface area contributed by atoms with E-state index in [2.05, 4.69) is 31.9 Å². The molecule has 0 aromatic carbocycles. The van der Waals surface area contributed by atoms with Crippen LogP contribution in [-0.4, -0.2) is 81.7 Å². The summed E-state index contributed by atoms with van der Waals surface area (Å²) in [5.41, 5.74) is 2.31. The molecule has 0 saturated carbocycles. The molecule has 0 atom stereocenters. The molecule has 0 saturated heterocycles. The lowest BCUT2D eigenvalue weighted by atomic mass is 10.2. The highest BCUT2D eigenvalue weighted by atomic mass is 16.6. The number of anilines is 5. The highest BCUT2D eigenvalue weighted by Gasteiger charge is 2.22. The van der Waals surface area contributed by atoms with E-state index in [0.717, 1.165) is 0 Å². The fourth-order valence-electron chi connectivity index (χ4n) is 6.37. The smallest absolute Gasteiger partial charge is 0.412 e. The molecule has 5 rings (SSSR count). The zero-order chi connectivity index (χ0) is 44.8. The van der Waals surface area contributed by atoms with Crippen LogP contribution < -0.4 is 31.9 Å². The zero-order valence-corrected chi connectivity index (χ0v) is 35.3. The molecule has 0 fully saturated rings. The molecule has 0 radical (unpaired) electrons. The van der Waals surface area contributed by atoms with Crippen LogP contribution in [0.5, 0.6) is 0 Å². The average molecular weight is 842 g/mol. The monoisotopic (exact) mass is 841 g/mol. The van der Waals surface area contributed by atoms with Gasteiger partial charge in [-0.25, -0.2) is 4.79 Å². The van der Waals surface area contributed by atoms with Gasteiger partial charge in [-0.15, -0.1) is 0 Å². The van der Waals surface area contributed by atoms with Crippen molar-refractivity contribution in [2.45, 2.75) is 52.1 Å². The van der Waals surface area contributed by atoms with Crippen molar-refractivity contribution in [1.82, 2.24) is 28.2 Å². The number of aryl methyl sites for hydroxylation is 5. The molecule has 61 heavy (non-hydrogen) atoms. The predicted molar refractivity (Wildman–Crippen MR) is 227 cm³/mol. The van der Waals surface area contributed by atoms with Gasteiger partial charge in [0.05, 0.1) is 28.4 Å². The van der Waals surface area contributed by atoms with Crippen molar-refractivity contribution in [3.63, 3.8) is 0 Å². The van der Waals surface area contributed by atoms with Crippen molar-refractivity contribution >= 4 is 70.0 Å². The maximum Gasteiger partial charge on any atom is 0.412 e. The minimum Gasteiger partial charge on any atom is -0.481 e. The second kappa shape index (κ2) is 18.6. The third-order valence-corrected chi connectivity index (χ3v) is 9.22. The second-order valence-electron chi connectivity index (χ2n) is 15.5. The van der Waals surface area contributed by atoms with Crippen molar-refractivity contribution in [2.24, 2.45) is 35.2 Å². The number of nitrogens with one attached hydrogen (secondary N) is 6. The molecule has 0 spiro atoms. The Morgan fingerprint density at radius 2 is 0.803 bits per heavy atom. The molecule has 20 nitrogen and oxygen atoms in total. The Kier molecular flexibility index (Phi) is 13.6. The van der Waals surface area contributed by atoms with Gasteiger partial charge in [-0.3, -0.25) is 34.1 Å².